The van der Waals surface area contributed by atoms with Crippen LogP contribution < -0.4 is 5.73 Å². The average Bonchev–Trinajstić information content (AvgIpc) is 2.80. The largest absolute Gasteiger partial charge is 0.369 e. The number of primary amides is 1. The normalized spacial score (nSPS) is 15.4. The van der Waals surface area contributed by atoms with Gasteiger partial charge in [0.15, 0.2) is 0 Å². The summed E-state index contributed by atoms with van der Waals surface area (Å²) in [6.07, 6.45) is 1.48. The third-order valence-corrected chi connectivity index (χ3v) is 6.58. The molecule has 1 saturated heterocycles. The molecule has 2 amide bonds. The second-order valence-electron chi connectivity index (χ2n) is 8.60. The van der Waals surface area contributed by atoms with Crippen LogP contribution in [-0.2, 0) is 11.2 Å². The zero-order chi connectivity index (χ0) is 22.7. The molecule has 0 aliphatic carbocycles. The Bertz CT molecular complexity index is 1150. The molecule has 5 heteroatoms. The molecule has 3 aromatic rings. The highest BCUT2D eigenvalue weighted by molar-refractivity contribution is 5.94. The summed E-state index contributed by atoms with van der Waals surface area (Å²) in [5, 5.41) is 0. The number of aryl methyl sites for hydroxylation is 1. The van der Waals surface area contributed by atoms with Gasteiger partial charge in [-0.2, -0.15) is 0 Å². The highest BCUT2D eigenvalue weighted by Crippen LogP contribution is 2.38. The van der Waals surface area contributed by atoms with E-state index in [4.69, 9.17) is 5.73 Å². The first kappa shape index (κ1) is 21.8. The van der Waals surface area contributed by atoms with Gasteiger partial charge in [0, 0.05) is 18.7 Å². The Morgan fingerprint density at radius 3 is 2.25 bits per heavy atom. The van der Waals surface area contributed by atoms with E-state index in [0.29, 0.717) is 37.9 Å². The number of carbonyl (C=O) groups excluding carboxylic acids is 2. The van der Waals surface area contributed by atoms with Gasteiger partial charge < -0.3 is 10.6 Å². The molecule has 3 aromatic carbocycles. The average molecular weight is 431 g/mol. The van der Waals surface area contributed by atoms with Crippen LogP contribution in [0.2, 0.25) is 0 Å². The fourth-order valence-electron chi connectivity index (χ4n) is 4.63. The highest BCUT2D eigenvalue weighted by atomic mass is 19.1. The van der Waals surface area contributed by atoms with Gasteiger partial charge in [0.25, 0.3) is 5.91 Å². The molecule has 1 fully saturated rings. The lowest BCUT2D eigenvalue weighted by Crippen LogP contribution is -2.50. The number of halogens is 1. The Balaban J connectivity index is 1.57. The fourth-order valence-corrected chi connectivity index (χ4v) is 4.63. The number of benzene rings is 3. The van der Waals surface area contributed by atoms with Gasteiger partial charge in [-0.1, -0.05) is 54.6 Å². The minimum absolute atomic E-state index is 0.220. The lowest BCUT2D eigenvalue weighted by atomic mass is 9.72. The topological polar surface area (TPSA) is 63.4 Å². The number of hydrogen-bond donors (Lipinski definition) is 1. The molecular formula is C27H27FN2O2. The van der Waals surface area contributed by atoms with Gasteiger partial charge >= 0.3 is 0 Å². The van der Waals surface area contributed by atoms with Crippen LogP contribution >= 0.6 is 0 Å². The van der Waals surface area contributed by atoms with Crippen molar-refractivity contribution in [2.75, 3.05) is 13.1 Å². The van der Waals surface area contributed by atoms with Crippen LogP contribution in [0.1, 0.15) is 34.3 Å². The monoisotopic (exact) mass is 430 g/mol. The van der Waals surface area contributed by atoms with Crippen molar-refractivity contribution in [1.82, 2.24) is 4.90 Å². The maximum atomic E-state index is 13.5. The number of nitrogens with zero attached hydrogens (tertiary/aromatic N) is 1. The Hall–Kier alpha value is -3.47. The summed E-state index contributed by atoms with van der Waals surface area (Å²) in [5.41, 5.74) is 10.0. The molecule has 0 bridgehead atoms. The van der Waals surface area contributed by atoms with Crippen LogP contribution in [0.3, 0.4) is 0 Å². The quantitative estimate of drug-likeness (QED) is 0.635. The molecule has 0 radical (unpaired) electrons. The standard InChI is InChI=1S/C27H27FN2O2/c1-19-7-2-4-11-23(19)24-12-5-3-8-21(24)18-27(26(29)32)13-15-30(16-14-27)25(31)20-9-6-10-22(28)17-20/h2-12,17H,13-16,18H2,1H3,(H2,29,32). The molecule has 1 heterocycles. The van der Waals surface area contributed by atoms with E-state index in [1.807, 2.05) is 24.3 Å². The molecule has 1 aliphatic heterocycles. The van der Waals surface area contributed by atoms with Crippen LogP contribution in [0, 0.1) is 18.2 Å². The van der Waals surface area contributed by atoms with Crippen LogP contribution in [0.4, 0.5) is 4.39 Å². The Morgan fingerprint density at radius 2 is 1.59 bits per heavy atom. The number of rotatable bonds is 5. The number of likely N-dealkylation sites (tertiary alicyclic amines) is 1. The third-order valence-electron chi connectivity index (χ3n) is 6.58. The number of amides is 2. The van der Waals surface area contributed by atoms with E-state index in [0.717, 1.165) is 16.7 Å². The molecule has 1 aliphatic rings. The van der Waals surface area contributed by atoms with Gasteiger partial charge in [0.05, 0.1) is 5.41 Å². The van der Waals surface area contributed by atoms with Gasteiger partial charge in [-0.25, -0.2) is 4.39 Å². The van der Waals surface area contributed by atoms with Crippen molar-refractivity contribution in [3.05, 3.63) is 95.3 Å². The minimum atomic E-state index is -0.725. The summed E-state index contributed by atoms with van der Waals surface area (Å²) < 4.78 is 13.5. The molecule has 0 spiro atoms. The van der Waals surface area contributed by atoms with Crippen LogP contribution in [0.5, 0.6) is 0 Å². The second-order valence-corrected chi connectivity index (χ2v) is 8.60. The molecular weight excluding hydrogens is 403 g/mol. The van der Waals surface area contributed by atoms with E-state index in [9.17, 15) is 14.0 Å². The van der Waals surface area contributed by atoms with Crippen molar-refractivity contribution in [2.24, 2.45) is 11.1 Å². The van der Waals surface area contributed by atoms with Crippen molar-refractivity contribution in [3.63, 3.8) is 0 Å². The first-order valence-corrected chi connectivity index (χ1v) is 10.9. The molecule has 4 nitrogen and oxygen atoms in total. The smallest absolute Gasteiger partial charge is 0.253 e. The highest BCUT2D eigenvalue weighted by Gasteiger charge is 2.41. The summed E-state index contributed by atoms with van der Waals surface area (Å²) in [5.74, 6) is -0.995. The Labute approximate surface area is 187 Å². The lowest BCUT2D eigenvalue weighted by molar-refractivity contribution is -0.130. The van der Waals surface area contributed by atoms with Gasteiger partial charge in [0.2, 0.25) is 5.91 Å². The second kappa shape index (κ2) is 8.95. The van der Waals surface area contributed by atoms with Crippen molar-refractivity contribution in [2.45, 2.75) is 26.2 Å². The summed E-state index contributed by atoms with van der Waals surface area (Å²) in [4.78, 5) is 27.2. The van der Waals surface area contributed by atoms with Gasteiger partial charge in [-0.3, -0.25) is 9.59 Å². The lowest BCUT2D eigenvalue weighted by Gasteiger charge is -2.40. The molecule has 2 N–H and O–H groups in total. The predicted octanol–water partition coefficient (Wildman–Crippen LogP) is 4.75. The molecule has 0 saturated carbocycles. The minimum Gasteiger partial charge on any atom is -0.369 e. The van der Waals surface area contributed by atoms with Crippen LogP contribution in [-0.4, -0.2) is 29.8 Å². The maximum Gasteiger partial charge on any atom is 0.253 e. The van der Waals surface area contributed by atoms with Crippen molar-refractivity contribution in [3.8, 4) is 11.1 Å². The van der Waals surface area contributed by atoms with Gasteiger partial charge in [-0.15, -0.1) is 0 Å². The Morgan fingerprint density at radius 1 is 0.938 bits per heavy atom. The molecule has 0 aromatic heterocycles. The molecule has 0 unspecified atom stereocenters. The maximum absolute atomic E-state index is 13.5. The van der Waals surface area contributed by atoms with E-state index in [2.05, 4.69) is 31.2 Å². The van der Waals surface area contributed by atoms with Crippen LogP contribution in [0.25, 0.3) is 11.1 Å². The van der Waals surface area contributed by atoms with Crippen molar-refractivity contribution in [1.29, 1.82) is 0 Å². The van der Waals surface area contributed by atoms with Crippen LogP contribution in [0.15, 0.2) is 72.8 Å². The number of nitrogens with two attached hydrogens (primary N) is 1. The first-order chi connectivity index (χ1) is 15.4. The molecule has 0 atom stereocenters. The van der Waals surface area contributed by atoms with E-state index in [1.165, 1.54) is 23.8 Å². The van der Waals surface area contributed by atoms with E-state index in [-0.39, 0.29) is 11.8 Å². The first-order valence-electron chi connectivity index (χ1n) is 10.9. The van der Waals surface area contributed by atoms with E-state index in [1.54, 1.807) is 11.0 Å². The number of carbonyl (C=O) groups is 2. The summed E-state index contributed by atoms with van der Waals surface area (Å²) in [6, 6.07) is 22.0. The van der Waals surface area contributed by atoms with Crippen molar-refractivity contribution < 1.29 is 14.0 Å². The zero-order valence-electron chi connectivity index (χ0n) is 18.2. The third kappa shape index (κ3) is 4.28. The van der Waals surface area contributed by atoms with Gasteiger partial charge in [-0.05, 0) is 66.6 Å². The number of piperidine rings is 1. The zero-order valence-corrected chi connectivity index (χ0v) is 18.2. The SMILES string of the molecule is Cc1ccccc1-c1ccccc1CC1(C(N)=O)CCN(C(=O)c2cccc(F)c2)CC1. The number of hydrogen-bond acceptors (Lipinski definition) is 2. The van der Waals surface area contributed by atoms with E-state index < -0.39 is 11.2 Å². The molecule has 4 rings (SSSR count). The van der Waals surface area contributed by atoms with E-state index >= 15 is 0 Å². The van der Waals surface area contributed by atoms with Crippen molar-refractivity contribution >= 4 is 11.8 Å². The molecule has 32 heavy (non-hydrogen) atoms. The predicted molar refractivity (Wildman–Crippen MR) is 123 cm³/mol. The summed E-state index contributed by atoms with van der Waals surface area (Å²) >= 11 is 0. The fraction of sp³-hybridized carbons (Fsp3) is 0.259. The summed E-state index contributed by atoms with van der Waals surface area (Å²) in [6.45, 7) is 2.89. The molecule has 164 valence electrons. The Kier molecular flexibility index (Phi) is 6.08. The summed E-state index contributed by atoms with van der Waals surface area (Å²) in [7, 11) is 0. The van der Waals surface area contributed by atoms with Gasteiger partial charge in [0.1, 0.15) is 5.82 Å².